The van der Waals surface area contributed by atoms with Crippen molar-refractivity contribution in [2.24, 2.45) is 0 Å². The standard InChI is InChI=1S/C20H14N4.C9H10O2/c1-2-14-10-16-5-6-18(23-16)12-20-8-7-19(24-20)11-17-4-3-15(22-17)9-13(1)21-14;10-9(11)7-6-8-4-2-1-3-5-8/h1-12,21-22H;1-5H,6-7H2,(H,10,11). The first-order chi connectivity index (χ1) is 17.1. The Morgan fingerprint density at radius 3 is 1.57 bits per heavy atom. The van der Waals surface area contributed by atoms with Crippen molar-refractivity contribution in [3.63, 3.8) is 0 Å². The maximum atomic E-state index is 10.2. The van der Waals surface area contributed by atoms with Gasteiger partial charge in [0, 0.05) is 28.5 Å². The number of nitrogens with one attached hydrogen (secondary N) is 2. The normalized spacial score (nSPS) is 11.7. The van der Waals surface area contributed by atoms with Crippen LogP contribution in [-0.4, -0.2) is 31.0 Å². The Hall–Kier alpha value is -4.71. The minimum absolute atomic E-state index is 0.212. The van der Waals surface area contributed by atoms with E-state index in [4.69, 9.17) is 5.11 Å². The van der Waals surface area contributed by atoms with Crippen LogP contribution < -0.4 is 0 Å². The molecule has 3 N–H and O–H groups in total. The lowest BCUT2D eigenvalue weighted by Crippen LogP contribution is -1.96. The Balaban J connectivity index is 0.000000195. The van der Waals surface area contributed by atoms with Crippen LogP contribution in [0.2, 0.25) is 0 Å². The molecule has 172 valence electrons. The van der Waals surface area contributed by atoms with Gasteiger partial charge in [-0.3, -0.25) is 4.79 Å². The Labute approximate surface area is 202 Å². The minimum Gasteiger partial charge on any atom is -0.481 e. The summed E-state index contributed by atoms with van der Waals surface area (Å²) in [6, 6.07) is 26.0. The van der Waals surface area contributed by atoms with E-state index in [1.54, 1.807) is 0 Å². The van der Waals surface area contributed by atoms with Crippen LogP contribution in [0.25, 0.3) is 46.4 Å². The lowest BCUT2D eigenvalue weighted by Gasteiger charge is -1.95. The number of nitrogens with zero attached hydrogens (tertiary/aromatic N) is 2. The number of fused-ring (bicyclic) bond motifs is 8. The van der Waals surface area contributed by atoms with E-state index in [1.165, 1.54) is 0 Å². The maximum absolute atomic E-state index is 10.2. The molecule has 6 heteroatoms. The van der Waals surface area contributed by atoms with Crippen LogP contribution in [0.15, 0.2) is 78.9 Å². The Bertz CT molecular complexity index is 1490. The molecule has 0 saturated carbocycles. The van der Waals surface area contributed by atoms with E-state index >= 15 is 0 Å². The third kappa shape index (κ3) is 6.00. The fourth-order valence-corrected chi connectivity index (χ4v) is 3.84. The smallest absolute Gasteiger partial charge is 0.303 e. The summed E-state index contributed by atoms with van der Waals surface area (Å²) in [7, 11) is 0. The number of aromatic amines is 2. The molecule has 0 atom stereocenters. The summed E-state index contributed by atoms with van der Waals surface area (Å²) in [6.45, 7) is 0. The topological polar surface area (TPSA) is 94.7 Å². The first-order valence-corrected chi connectivity index (χ1v) is 11.4. The molecule has 0 aliphatic carbocycles. The number of aryl methyl sites for hydroxylation is 1. The lowest BCUT2D eigenvalue weighted by molar-refractivity contribution is -0.136. The number of carboxylic acid groups (broad SMARTS) is 1. The quantitative estimate of drug-likeness (QED) is 0.286. The Kier molecular flexibility index (Phi) is 6.35. The van der Waals surface area contributed by atoms with Crippen molar-refractivity contribution in [2.75, 3.05) is 0 Å². The number of benzene rings is 1. The van der Waals surface area contributed by atoms with Crippen molar-refractivity contribution in [3.8, 4) is 0 Å². The third-order valence-electron chi connectivity index (χ3n) is 5.51. The van der Waals surface area contributed by atoms with Gasteiger partial charge in [0.25, 0.3) is 0 Å². The van der Waals surface area contributed by atoms with Gasteiger partial charge in [-0.15, -0.1) is 0 Å². The van der Waals surface area contributed by atoms with Gasteiger partial charge in [0.05, 0.1) is 22.8 Å². The molecular weight excluding hydrogens is 436 g/mol. The van der Waals surface area contributed by atoms with E-state index in [-0.39, 0.29) is 6.42 Å². The predicted molar refractivity (Wildman–Crippen MR) is 141 cm³/mol. The van der Waals surface area contributed by atoms with Crippen molar-refractivity contribution < 1.29 is 9.90 Å². The Morgan fingerprint density at radius 1 is 0.629 bits per heavy atom. The fraction of sp³-hybridized carbons (Fsp3) is 0.0690. The summed E-state index contributed by atoms with van der Waals surface area (Å²) < 4.78 is 0. The summed E-state index contributed by atoms with van der Waals surface area (Å²) in [5.74, 6) is -0.742. The van der Waals surface area contributed by atoms with E-state index in [2.05, 4.69) is 50.3 Å². The van der Waals surface area contributed by atoms with Crippen molar-refractivity contribution >= 4 is 52.3 Å². The number of H-pyrrole nitrogens is 2. The second-order valence-electron chi connectivity index (χ2n) is 8.28. The van der Waals surface area contributed by atoms with Crippen molar-refractivity contribution in [1.29, 1.82) is 0 Å². The predicted octanol–water partition coefficient (Wildman–Crippen LogP) is 6.36. The number of rotatable bonds is 3. The van der Waals surface area contributed by atoms with Crippen LogP contribution in [0.5, 0.6) is 0 Å². The van der Waals surface area contributed by atoms with E-state index < -0.39 is 5.97 Å². The molecular formula is C29H24N4O2. The molecule has 8 bridgehead atoms. The second-order valence-corrected chi connectivity index (χ2v) is 8.28. The molecule has 2 aliphatic rings. The summed E-state index contributed by atoms with van der Waals surface area (Å²) in [5.41, 5.74) is 8.94. The molecule has 6 rings (SSSR count). The summed E-state index contributed by atoms with van der Waals surface area (Å²) in [5, 5.41) is 8.37. The second kappa shape index (κ2) is 10.1. The van der Waals surface area contributed by atoms with Crippen molar-refractivity contribution in [1.82, 2.24) is 19.9 Å². The van der Waals surface area contributed by atoms with E-state index in [1.807, 2.05) is 72.8 Å². The average molecular weight is 461 g/mol. The largest absolute Gasteiger partial charge is 0.481 e. The molecule has 0 fully saturated rings. The van der Waals surface area contributed by atoms with Crippen LogP contribution in [0.3, 0.4) is 0 Å². The van der Waals surface area contributed by atoms with Gasteiger partial charge in [0.1, 0.15) is 0 Å². The SMILES string of the molecule is C1=Cc2cc3ccc(cc4ccc(cc5nc(cc1n2)C=C5)[nH]4)[nH]3.O=C(O)CCc1ccccc1. The van der Waals surface area contributed by atoms with E-state index in [9.17, 15) is 4.79 Å². The molecule has 35 heavy (non-hydrogen) atoms. The highest BCUT2D eigenvalue weighted by Crippen LogP contribution is 2.17. The molecule has 2 aliphatic heterocycles. The number of aromatic nitrogens is 4. The van der Waals surface area contributed by atoms with Gasteiger partial charge in [0.2, 0.25) is 0 Å². The zero-order valence-electron chi connectivity index (χ0n) is 19.0. The van der Waals surface area contributed by atoms with Crippen molar-refractivity contribution in [3.05, 3.63) is 107 Å². The van der Waals surface area contributed by atoms with Crippen molar-refractivity contribution in [2.45, 2.75) is 12.8 Å². The number of hydrogen-bond donors (Lipinski definition) is 3. The molecule has 5 heterocycles. The highest BCUT2D eigenvalue weighted by atomic mass is 16.4. The first kappa shape index (κ1) is 22.1. The fourth-order valence-electron chi connectivity index (χ4n) is 3.84. The molecule has 4 aromatic rings. The summed E-state index contributed by atoms with van der Waals surface area (Å²) >= 11 is 0. The van der Waals surface area contributed by atoms with Gasteiger partial charge < -0.3 is 15.1 Å². The highest BCUT2D eigenvalue weighted by Gasteiger charge is 2.02. The third-order valence-corrected chi connectivity index (χ3v) is 5.51. The molecule has 0 radical (unpaired) electrons. The van der Waals surface area contributed by atoms with Crippen LogP contribution >= 0.6 is 0 Å². The highest BCUT2D eigenvalue weighted by molar-refractivity contribution is 5.77. The number of carbonyl (C=O) groups is 1. The van der Waals surface area contributed by atoms with Crippen LogP contribution in [0, 0.1) is 0 Å². The monoisotopic (exact) mass is 460 g/mol. The van der Waals surface area contributed by atoms with E-state index in [0.29, 0.717) is 6.42 Å². The van der Waals surface area contributed by atoms with Crippen LogP contribution in [0.4, 0.5) is 0 Å². The lowest BCUT2D eigenvalue weighted by atomic mass is 10.1. The average Bonchev–Trinajstić information content (AvgIpc) is 3.65. The van der Waals surface area contributed by atoms with Gasteiger partial charge in [-0.2, -0.15) is 0 Å². The molecule has 0 saturated heterocycles. The maximum Gasteiger partial charge on any atom is 0.303 e. The van der Waals surface area contributed by atoms with Gasteiger partial charge in [-0.25, -0.2) is 9.97 Å². The number of hydrogen-bond acceptors (Lipinski definition) is 3. The summed E-state index contributed by atoms with van der Waals surface area (Å²) in [4.78, 5) is 26.2. The van der Waals surface area contributed by atoms with E-state index in [0.717, 1.165) is 50.4 Å². The zero-order chi connectivity index (χ0) is 24.0. The molecule has 6 nitrogen and oxygen atoms in total. The molecule has 0 spiro atoms. The molecule has 1 aromatic carbocycles. The van der Waals surface area contributed by atoms with Crippen LogP contribution in [-0.2, 0) is 11.2 Å². The number of aliphatic carboxylic acids is 1. The van der Waals surface area contributed by atoms with Gasteiger partial charge in [-0.05, 0) is 84.8 Å². The van der Waals surface area contributed by atoms with Gasteiger partial charge in [-0.1, -0.05) is 30.3 Å². The summed E-state index contributed by atoms with van der Waals surface area (Å²) in [6.07, 6.45) is 8.88. The Morgan fingerprint density at radius 2 is 1.09 bits per heavy atom. The molecule has 0 amide bonds. The van der Waals surface area contributed by atoms with Gasteiger partial charge >= 0.3 is 5.97 Å². The van der Waals surface area contributed by atoms with Crippen LogP contribution in [0.1, 0.15) is 34.8 Å². The van der Waals surface area contributed by atoms with Gasteiger partial charge in [0.15, 0.2) is 0 Å². The minimum atomic E-state index is -0.742. The molecule has 0 unspecified atom stereocenters. The first-order valence-electron chi connectivity index (χ1n) is 11.4. The number of carboxylic acids is 1. The zero-order valence-corrected chi connectivity index (χ0v) is 19.0. The molecule has 3 aromatic heterocycles.